The highest BCUT2D eigenvalue weighted by Gasteiger charge is 2.37. The average molecular weight is 410 g/mol. The van der Waals surface area contributed by atoms with Crippen LogP contribution in [0.4, 0.5) is 4.79 Å². The first kappa shape index (κ1) is 19.6. The van der Waals surface area contributed by atoms with Crippen LogP contribution in [0.25, 0.3) is 0 Å². The predicted octanol–water partition coefficient (Wildman–Crippen LogP) is 3.14. The van der Waals surface area contributed by atoms with E-state index in [0.717, 1.165) is 5.56 Å². The summed E-state index contributed by atoms with van der Waals surface area (Å²) in [5.74, 6) is 0.927. The molecular weight excluding hydrogens is 388 g/mol. The summed E-state index contributed by atoms with van der Waals surface area (Å²) >= 11 is 0. The zero-order valence-corrected chi connectivity index (χ0v) is 16.9. The first-order valence-corrected chi connectivity index (χ1v) is 9.42. The summed E-state index contributed by atoms with van der Waals surface area (Å²) in [7, 11) is 2.84. The van der Waals surface area contributed by atoms with Gasteiger partial charge in [-0.1, -0.05) is 30.3 Å². The lowest BCUT2D eigenvalue weighted by Gasteiger charge is -2.35. The van der Waals surface area contributed by atoms with Crippen molar-refractivity contribution in [1.29, 1.82) is 0 Å². The molecule has 2 amide bonds. The van der Waals surface area contributed by atoms with Crippen LogP contribution < -0.4 is 19.5 Å². The lowest BCUT2D eigenvalue weighted by atomic mass is 9.94. The number of methoxy groups -OCH3 is 2. The number of amides is 2. The SMILES string of the molecule is COC(=O)C1=C(C)N(Cc2ccccc2)C(=O)NC1c1cc(OC)c2c(c1)OCO2. The molecule has 0 saturated heterocycles. The standard InChI is InChI=1S/C22H22N2O6/c1-13-18(21(25)28-3)19(15-9-16(27-2)20-17(10-15)29-12-30-20)23-22(26)24(13)11-14-7-5-4-6-8-14/h4-10,19H,11-12H2,1-3H3,(H,23,26). The van der Waals surface area contributed by atoms with Gasteiger partial charge in [0, 0.05) is 5.70 Å². The van der Waals surface area contributed by atoms with Crippen molar-refractivity contribution in [3.8, 4) is 17.2 Å². The van der Waals surface area contributed by atoms with E-state index >= 15 is 0 Å². The minimum absolute atomic E-state index is 0.0791. The molecular formula is C22H22N2O6. The fourth-order valence-corrected chi connectivity index (χ4v) is 3.68. The van der Waals surface area contributed by atoms with Gasteiger partial charge in [-0.2, -0.15) is 0 Å². The minimum atomic E-state index is -0.722. The van der Waals surface area contributed by atoms with Crippen molar-refractivity contribution in [2.45, 2.75) is 19.5 Å². The van der Waals surface area contributed by atoms with Gasteiger partial charge in [0.05, 0.1) is 32.4 Å². The molecule has 0 aromatic heterocycles. The molecule has 1 unspecified atom stereocenters. The Morgan fingerprint density at radius 2 is 1.97 bits per heavy atom. The number of carbonyl (C=O) groups excluding carboxylic acids is 2. The Morgan fingerprint density at radius 1 is 1.20 bits per heavy atom. The zero-order valence-electron chi connectivity index (χ0n) is 16.9. The fraction of sp³-hybridized carbons (Fsp3) is 0.273. The third-order valence-corrected chi connectivity index (χ3v) is 5.20. The van der Waals surface area contributed by atoms with Crippen molar-refractivity contribution in [2.24, 2.45) is 0 Å². The van der Waals surface area contributed by atoms with Crippen LogP contribution in [0.5, 0.6) is 17.2 Å². The topological polar surface area (TPSA) is 86.3 Å². The molecule has 2 heterocycles. The van der Waals surface area contributed by atoms with Gasteiger partial charge in [-0.3, -0.25) is 4.90 Å². The Morgan fingerprint density at radius 3 is 2.67 bits per heavy atom. The van der Waals surface area contributed by atoms with E-state index in [0.29, 0.717) is 40.6 Å². The van der Waals surface area contributed by atoms with Crippen molar-refractivity contribution in [2.75, 3.05) is 21.0 Å². The van der Waals surface area contributed by atoms with E-state index in [1.807, 2.05) is 30.3 Å². The molecule has 30 heavy (non-hydrogen) atoms. The van der Waals surface area contributed by atoms with Crippen LogP contribution in [0.3, 0.4) is 0 Å². The first-order valence-electron chi connectivity index (χ1n) is 9.42. The Bertz CT molecular complexity index is 1020. The van der Waals surface area contributed by atoms with Crippen molar-refractivity contribution in [3.63, 3.8) is 0 Å². The Balaban J connectivity index is 1.77. The van der Waals surface area contributed by atoms with Gasteiger partial charge >= 0.3 is 12.0 Å². The van der Waals surface area contributed by atoms with E-state index in [1.165, 1.54) is 19.1 Å². The number of carbonyl (C=O) groups is 2. The number of ether oxygens (including phenoxy) is 4. The molecule has 2 aliphatic rings. The number of urea groups is 1. The number of allylic oxidation sites excluding steroid dienone is 1. The van der Waals surface area contributed by atoms with Crippen LogP contribution in [0.15, 0.2) is 53.7 Å². The molecule has 156 valence electrons. The number of esters is 1. The number of benzene rings is 2. The van der Waals surface area contributed by atoms with Gasteiger partial charge in [0.2, 0.25) is 12.5 Å². The molecule has 2 aliphatic heterocycles. The minimum Gasteiger partial charge on any atom is -0.493 e. The maximum Gasteiger partial charge on any atom is 0.337 e. The Hall–Kier alpha value is -3.68. The molecule has 0 radical (unpaired) electrons. The Labute approximate surface area is 174 Å². The molecule has 2 aromatic rings. The van der Waals surface area contributed by atoms with Crippen LogP contribution in [0, 0.1) is 0 Å². The summed E-state index contributed by atoms with van der Waals surface area (Å²) in [5, 5.41) is 2.92. The molecule has 8 heteroatoms. The van der Waals surface area contributed by atoms with E-state index in [-0.39, 0.29) is 12.8 Å². The summed E-state index contributed by atoms with van der Waals surface area (Å²) < 4.78 is 21.4. The van der Waals surface area contributed by atoms with E-state index in [4.69, 9.17) is 18.9 Å². The molecule has 0 spiro atoms. The van der Waals surface area contributed by atoms with Crippen molar-refractivity contribution < 1.29 is 28.5 Å². The zero-order chi connectivity index (χ0) is 21.3. The lowest BCUT2D eigenvalue weighted by Crippen LogP contribution is -2.47. The van der Waals surface area contributed by atoms with Gasteiger partial charge in [-0.25, -0.2) is 9.59 Å². The molecule has 0 aliphatic carbocycles. The van der Waals surface area contributed by atoms with Gasteiger partial charge in [0.1, 0.15) is 0 Å². The largest absolute Gasteiger partial charge is 0.493 e. The van der Waals surface area contributed by atoms with Crippen LogP contribution >= 0.6 is 0 Å². The van der Waals surface area contributed by atoms with Crippen molar-refractivity contribution >= 4 is 12.0 Å². The number of rotatable bonds is 5. The van der Waals surface area contributed by atoms with Crippen LogP contribution in [0.2, 0.25) is 0 Å². The molecule has 1 atom stereocenters. The number of nitrogens with one attached hydrogen (secondary N) is 1. The molecule has 0 saturated carbocycles. The molecule has 8 nitrogen and oxygen atoms in total. The highest BCUT2D eigenvalue weighted by molar-refractivity contribution is 5.95. The van der Waals surface area contributed by atoms with E-state index in [1.54, 1.807) is 19.1 Å². The second-order valence-corrected chi connectivity index (χ2v) is 6.90. The van der Waals surface area contributed by atoms with E-state index < -0.39 is 12.0 Å². The molecule has 0 bridgehead atoms. The highest BCUT2D eigenvalue weighted by Crippen LogP contribution is 2.44. The third-order valence-electron chi connectivity index (χ3n) is 5.20. The summed E-state index contributed by atoms with van der Waals surface area (Å²) in [6, 6.07) is 12.0. The summed E-state index contributed by atoms with van der Waals surface area (Å²) in [4.78, 5) is 27.2. The van der Waals surface area contributed by atoms with Gasteiger partial charge in [0.25, 0.3) is 0 Å². The second-order valence-electron chi connectivity index (χ2n) is 6.90. The van der Waals surface area contributed by atoms with Gasteiger partial charge in [0.15, 0.2) is 11.5 Å². The third kappa shape index (κ3) is 3.41. The fourth-order valence-electron chi connectivity index (χ4n) is 3.68. The number of hydrogen-bond donors (Lipinski definition) is 1. The second kappa shape index (κ2) is 7.98. The summed E-state index contributed by atoms with van der Waals surface area (Å²) in [5.41, 5.74) is 2.44. The average Bonchev–Trinajstić information content (AvgIpc) is 3.24. The smallest absolute Gasteiger partial charge is 0.337 e. The maximum atomic E-state index is 13.0. The predicted molar refractivity (Wildman–Crippen MR) is 107 cm³/mol. The van der Waals surface area contributed by atoms with Crippen LogP contribution in [-0.4, -0.2) is 37.9 Å². The number of fused-ring (bicyclic) bond motifs is 1. The van der Waals surface area contributed by atoms with Gasteiger partial charge in [-0.15, -0.1) is 0 Å². The summed E-state index contributed by atoms with van der Waals surface area (Å²) in [6.45, 7) is 2.15. The number of nitrogens with zero attached hydrogens (tertiary/aromatic N) is 1. The molecule has 1 N–H and O–H groups in total. The summed E-state index contributed by atoms with van der Waals surface area (Å²) in [6.07, 6.45) is 0. The monoisotopic (exact) mass is 410 g/mol. The molecule has 2 aromatic carbocycles. The highest BCUT2D eigenvalue weighted by atomic mass is 16.7. The van der Waals surface area contributed by atoms with Crippen molar-refractivity contribution in [1.82, 2.24) is 10.2 Å². The van der Waals surface area contributed by atoms with E-state index in [2.05, 4.69) is 5.32 Å². The van der Waals surface area contributed by atoms with Gasteiger partial charge < -0.3 is 24.3 Å². The Kier molecular flexibility index (Phi) is 5.22. The molecule has 0 fully saturated rings. The normalized spacial score (nSPS) is 17.6. The van der Waals surface area contributed by atoms with Gasteiger partial charge in [-0.05, 0) is 30.2 Å². The van der Waals surface area contributed by atoms with E-state index in [9.17, 15) is 9.59 Å². The van der Waals surface area contributed by atoms with Crippen LogP contribution in [0.1, 0.15) is 24.1 Å². The maximum absolute atomic E-state index is 13.0. The lowest BCUT2D eigenvalue weighted by molar-refractivity contribution is -0.136. The quantitative estimate of drug-likeness (QED) is 0.763. The molecule has 4 rings (SSSR count). The number of hydrogen-bond acceptors (Lipinski definition) is 6. The van der Waals surface area contributed by atoms with Crippen LogP contribution in [-0.2, 0) is 16.1 Å². The first-order chi connectivity index (χ1) is 14.5. The van der Waals surface area contributed by atoms with Crippen molar-refractivity contribution in [3.05, 3.63) is 64.9 Å².